The Morgan fingerprint density at radius 1 is 1.32 bits per heavy atom. The molecule has 0 amide bonds. The van der Waals surface area contributed by atoms with E-state index in [-0.39, 0.29) is 0 Å². The van der Waals surface area contributed by atoms with Gasteiger partial charge in [-0.05, 0) is 24.5 Å². The summed E-state index contributed by atoms with van der Waals surface area (Å²) >= 11 is 2.00. The largest absolute Gasteiger partial charge is 0.383 e. The summed E-state index contributed by atoms with van der Waals surface area (Å²) in [6.45, 7) is 4.38. The minimum atomic E-state index is 0.703. The highest BCUT2D eigenvalue weighted by Gasteiger charge is 2.16. The molecule has 4 heteroatoms. The zero-order valence-corrected chi connectivity index (χ0v) is 12.4. The fraction of sp³-hybridized carbons (Fsp3) is 0.600. The van der Waals surface area contributed by atoms with E-state index in [0.29, 0.717) is 5.25 Å². The van der Waals surface area contributed by atoms with Crippen molar-refractivity contribution in [2.24, 2.45) is 0 Å². The van der Waals surface area contributed by atoms with Gasteiger partial charge in [-0.2, -0.15) is 0 Å². The first-order valence-electron chi connectivity index (χ1n) is 6.92. The lowest BCUT2D eigenvalue weighted by molar-refractivity contribution is 0.1000. The Balaban J connectivity index is 1.87. The topological polar surface area (TPSA) is 30.5 Å². The maximum atomic E-state index is 5.42. The molecule has 1 heterocycles. The highest BCUT2D eigenvalue weighted by atomic mass is 32.2. The minimum absolute atomic E-state index is 0.703. The van der Waals surface area contributed by atoms with Crippen LogP contribution in [0.4, 0.5) is 0 Å². The molecular weight excluding hydrogens is 258 g/mol. The lowest BCUT2D eigenvalue weighted by atomic mass is 10.2. The molecule has 0 aliphatic carbocycles. The number of methoxy groups -OCH3 is 1. The van der Waals surface area contributed by atoms with E-state index >= 15 is 0 Å². The third-order valence-corrected chi connectivity index (χ3v) is 4.69. The van der Waals surface area contributed by atoms with Crippen molar-refractivity contribution in [2.75, 3.05) is 33.5 Å². The molecule has 0 saturated carbocycles. The van der Waals surface area contributed by atoms with Gasteiger partial charge in [0.2, 0.25) is 0 Å². The molecule has 106 valence electrons. The Hall–Kier alpha value is -0.550. The Kier molecular flexibility index (Phi) is 6.71. The lowest BCUT2D eigenvalue weighted by Gasteiger charge is -2.22. The van der Waals surface area contributed by atoms with E-state index in [2.05, 4.69) is 29.6 Å². The van der Waals surface area contributed by atoms with Crippen LogP contribution in [-0.4, -0.2) is 38.7 Å². The summed E-state index contributed by atoms with van der Waals surface area (Å²) in [7, 11) is 1.73. The molecule has 1 N–H and O–H groups in total. The lowest BCUT2D eigenvalue weighted by Crippen LogP contribution is -2.20. The van der Waals surface area contributed by atoms with Crippen molar-refractivity contribution in [1.82, 2.24) is 5.32 Å². The molecule has 0 radical (unpaired) electrons. The van der Waals surface area contributed by atoms with Crippen LogP contribution in [0.3, 0.4) is 0 Å². The number of rotatable bonds is 7. The fourth-order valence-electron chi connectivity index (χ4n) is 2.14. The second kappa shape index (κ2) is 8.59. The predicted octanol–water partition coefficient (Wildman–Crippen LogP) is 2.69. The van der Waals surface area contributed by atoms with Crippen LogP contribution in [0.1, 0.15) is 18.4 Å². The summed E-state index contributed by atoms with van der Waals surface area (Å²) in [6, 6.07) is 8.68. The highest BCUT2D eigenvalue weighted by Crippen LogP contribution is 2.31. The van der Waals surface area contributed by atoms with Crippen LogP contribution in [0.2, 0.25) is 0 Å². The van der Waals surface area contributed by atoms with Gasteiger partial charge < -0.3 is 14.8 Å². The predicted molar refractivity (Wildman–Crippen MR) is 79.7 cm³/mol. The summed E-state index contributed by atoms with van der Waals surface area (Å²) in [5, 5.41) is 4.12. The van der Waals surface area contributed by atoms with Gasteiger partial charge in [0.25, 0.3) is 0 Å². The Bertz CT molecular complexity index is 367. The quantitative estimate of drug-likeness (QED) is 0.779. The number of thioether (sulfide) groups is 1. The second-order valence-corrected chi connectivity index (χ2v) is 6.05. The van der Waals surface area contributed by atoms with Crippen LogP contribution in [0.5, 0.6) is 0 Å². The first-order valence-corrected chi connectivity index (χ1v) is 7.80. The number of nitrogens with one attached hydrogen (secondary N) is 1. The van der Waals surface area contributed by atoms with E-state index < -0.39 is 0 Å². The summed E-state index contributed by atoms with van der Waals surface area (Å²) in [6.07, 6.45) is 2.33. The summed E-state index contributed by atoms with van der Waals surface area (Å²) in [4.78, 5) is 1.40. The van der Waals surface area contributed by atoms with Crippen molar-refractivity contribution in [3.05, 3.63) is 29.8 Å². The van der Waals surface area contributed by atoms with E-state index in [0.717, 1.165) is 45.8 Å². The number of benzene rings is 1. The number of hydrogen-bond donors (Lipinski definition) is 1. The molecule has 1 aliphatic rings. The maximum Gasteiger partial charge on any atom is 0.0587 e. The molecule has 1 aliphatic heterocycles. The monoisotopic (exact) mass is 281 g/mol. The van der Waals surface area contributed by atoms with Gasteiger partial charge in [0.05, 0.1) is 6.61 Å². The third-order valence-electron chi connectivity index (χ3n) is 3.23. The zero-order valence-electron chi connectivity index (χ0n) is 11.6. The van der Waals surface area contributed by atoms with Crippen LogP contribution in [-0.2, 0) is 16.0 Å². The van der Waals surface area contributed by atoms with Gasteiger partial charge in [-0.1, -0.05) is 18.2 Å². The van der Waals surface area contributed by atoms with Crippen molar-refractivity contribution in [1.29, 1.82) is 0 Å². The van der Waals surface area contributed by atoms with Gasteiger partial charge in [0.1, 0.15) is 0 Å². The van der Waals surface area contributed by atoms with Crippen LogP contribution >= 0.6 is 11.8 Å². The average molecular weight is 281 g/mol. The Morgan fingerprint density at radius 3 is 2.89 bits per heavy atom. The number of hydrogen-bond acceptors (Lipinski definition) is 4. The molecule has 0 aromatic heterocycles. The molecule has 1 aromatic carbocycles. The SMILES string of the molecule is COCCNCc1ccccc1SC1CCOCC1. The highest BCUT2D eigenvalue weighted by molar-refractivity contribution is 8.00. The van der Waals surface area contributed by atoms with Crippen molar-refractivity contribution in [3.8, 4) is 0 Å². The third kappa shape index (κ3) is 5.15. The van der Waals surface area contributed by atoms with E-state index in [9.17, 15) is 0 Å². The molecule has 2 rings (SSSR count). The fourth-order valence-corrected chi connectivity index (χ4v) is 3.37. The average Bonchev–Trinajstić information content (AvgIpc) is 2.46. The Morgan fingerprint density at radius 2 is 2.11 bits per heavy atom. The first kappa shape index (κ1) is 14.9. The molecule has 1 aromatic rings. The maximum absolute atomic E-state index is 5.42. The molecule has 3 nitrogen and oxygen atoms in total. The molecule has 1 saturated heterocycles. The number of ether oxygens (including phenoxy) is 2. The van der Waals surface area contributed by atoms with Crippen molar-refractivity contribution < 1.29 is 9.47 Å². The van der Waals surface area contributed by atoms with Crippen LogP contribution < -0.4 is 5.32 Å². The smallest absolute Gasteiger partial charge is 0.0587 e. The van der Waals surface area contributed by atoms with Crippen molar-refractivity contribution >= 4 is 11.8 Å². The van der Waals surface area contributed by atoms with E-state index in [4.69, 9.17) is 9.47 Å². The summed E-state index contributed by atoms with van der Waals surface area (Å²) < 4.78 is 10.5. The Labute approximate surface area is 120 Å². The summed E-state index contributed by atoms with van der Waals surface area (Å²) in [5.74, 6) is 0. The summed E-state index contributed by atoms with van der Waals surface area (Å²) in [5.41, 5.74) is 1.38. The molecule has 0 unspecified atom stereocenters. The van der Waals surface area contributed by atoms with Gasteiger partial charge in [0.15, 0.2) is 0 Å². The van der Waals surface area contributed by atoms with Gasteiger partial charge in [-0.25, -0.2) is 0 Å². The van der Waals surface area contributed by atoms with Crippen LogP contribution in [0.15, 0.2) is 29.2 Å². The molecule has 0 bridgehead atoms. The van der Waals surface area contributed by atoms with Gasteiger partial charge >= 0.3 is 0 Å². The molecule has 1 fully saturated rings. The molecule has 19 heavy (non-hydrogen) atoms. The van der Waals surface area contributed by atoms with E-state index in [1.54, 1.807) is 7.11 Å². The minimum Gasteiger partial charge on any atom is -0.383 e. The second-order valence-electron chi connectivity index (χ2n) is 4.71. The zero-order chi connectivity index (χ0) is 13.3. The first-order chi connectivity index (χ1) is 9.40. The van der Waals surface area contributed by atoms with Gasteiger partial charge in [-0.15, -0.1) is 11.8 Å². The standard InChI is InChI=1S/C15H23NO2S/c1-17-11-8-16-12-13-4-2-3-5-15(13)19-14-6-9-18-10-7-14/h2-5,14,16H,6-12H2,1H3. The van der Waals surface area contributed by atoms with Crippen LogP contribution in [0.25, 0.3) is 0 Å². The molecular formula is C15H23NO2S. The van der Waals surface area contributed by atoms with Gasteiger partial charge in [0, 0.05) is 43.6 Å². The van der Waals surface area contributed by atoms with E-state index in [1.165, 1.54) is 10.5 Å². The van der Waals surface area contributed by atoms with Gasteiger partial charge in [-0.3, -0.25) is 0 Å². The molecule has 0 atom stereocenters. The normalized spacial score (nSPS) is 16.7. The van der Waals surface area contributed by atoms with Crippen LogP contribution in [0, 0.1) is 0 Å². The van der Waals surface area contributed by atoms with Crippen molar-refractivity contribution in [3.63, 3.8) is 0 Å². The van der Waals surface area contributed by atoms with Crippen molar-refractivity contribution in [2.45, 2.75) is 29.5 Å². The van der Waals surface area contributed by atoms with E-state index in [1.807, 2.05) is 11.8 Å². The molecule has 0 spiro atoms.